The van der Waals surface area contributed by atoms with Crippen LogP contribution in [0.4, 0.5) is 4.79 Å². The van der Waals surface area contributed by atoms with Crippen LogP contribution in [0.3, 0.4) is 0 Å². The Morgan fingerprint density at radius 1 is 1.29 bits per heavy atom. The zero-order chi connectivity index (χ0) is 16.2. The van der Waals surface area contributed by atoms with Gasteiger partial charge in [-0.05, 0) is 17.5 Å². The van der Waals surface area contributed by atoms with Crippen molar-refractivity contribution < 1.29 is 9.59 Å². The molecule has 2 saturated heterocycles. The smallest absolute Gasteiger partial charge is 0.282 e. The molecule has 2 heterocycles. The number of halogens is 1. The summed E-state index contributed by atoms with van der Waals surface area (Å²) in [5.74, 6) is 0.835. The zero-order valence-corrected chi connectivity index (χ0v) is 15.5. The van der Waals surface area contributed by atoms with E-state index in [2.05, 4.69) is 36.5 Å². The third kappa shape index (κ3) is 4.23. The fourth-order valence-electron chi connectivity index (χ4n) is 3.10. The minimum atomic E-state index is 0. The lowest BCUT2D eigenvalue weighted by Gasteiger charge is -2.37. The Labute approximate surface area is 153 Å². The molecule has 3 rings (SSSR count). The number of carbonyl (C=O) groups excluding carboxylic acids is 2. The number of carbonyl (C=O) groups is 2. The summed E-state index contributed by atoms with van der Waals surface area (Å²) < 4.78 is 0. The molecule has 132 valence electrons. The van der Waals surface area contributed by atoms with Crippen LogP contribution in [0.5, 0.6) is 0 Å². The molecule has 2 aliphatic rings. The molecule has 1 aromatic rings. The van der Waals surface area contributed by atoms with Crippen LogP contribution >= 0.6 is 24.2 Å². The largest absolute Gasteiger partial charge is 0.332 e. The third-order valence-corrected chi connectivity index (χ3v) is 5.40. The van der Waals surface area contributed by atoms with Crippen LogP contribution in [-0.2, 0) is 11.2 Å². The molecular weight excluding hydrogens is 346 g/mol. The molecule has 1 atom stereocenters. The number of rotatable bonds is 4. The topological polar surface area (TPSA) is 52.7 Å². The molecule has 5 nitrogen and oxygen atoms in total. The van der Waals surface area contributed by atoms with Gasteiger partial charge in [-0.15, -0.1) is 12.4 Å². The molecule has 0 aliphatic carbocycles. The molecule has 1 aromatic carbocycles. The van der Waals surface area contributed by atoms with E-state index in [0.29, 0.717) is 13.1 Å². The van der Waals surface area contributed by atoms with E-state index >= 15 is 0 Å². The number of hydrogen-bond acceptors (Lipinski definition) is 4. The fourth-order valence-corrected chi connectivity index (χ4v) is 3.92. The van der Waals surface area contributed by atoms with Gasteiger partial charge in [0.1, 0.15) is 6.54 Å². The molecule has 2 amide bonds. The summed E-state index contributed by atoms with van der Waals surface area (Å²) in [6.07, 6.45) is 1.01. The predicted molar refractivity (Wildman–Crippen MR) is 99.8 cm³/mol. The molecule has 24 heavy (non-hydrogen) atoms. The average Bonchev–Trinajstić information content (AvgIpc) is 3.00. The number of aryl methyl sites for hydroxylation is 1. The van der Waals surface area contributed by atoms with E-state index in [1.165, 1.54) is 17.3 Å². The van der Waals surface area contributed by atoms with Crippen molar-refractivity contribution in [3.8, 4) is 0 Å². The lowest BCUT2D eigenvalue weighted by atomic mass is 10.0. The lowest BCUT2D eigenvalue weighted by Crippen LogP contribution is -2.51. The standard InChI is InChI=1S/C17H23N3O2S.ClH/c1-2-13-3-5-14(6-4-13)15-11-18-7-8-20(15)16(21)12-19-9-10-23-17(19)22;/h3-6,15,18H,2,7-12H2,1H3;1H. The molecule has 7 heteroatoms. The Morgan fingerprint density at radius 3 is 2.67 bits per heavy atom. The van der Waals surface area contributed by atoms with Crippen molar-refractivity contribution in [1.82, 2.24) is 15.1 Å². The van der Waals surface area contributed by atoms with E-state index < -0.39 is 0 Å². The number of piperazine rings is 1. The Morgan fingerprint density at radius 2 is 2.04 bits per heavy atom. The van der Waals surface area contributed by atoms with Crippen LogP contribution < -0.4 is 5.32 Å². The number of nitrogens with zero attached hydrogens (tertiary/aromatic N) is 2. The average molecular weight is 370 g/mol. The highest BCUT2D eigenvalue weighted by atomic mass is 35.5. The van der Waals surface area contributed by atoms with Crippen molar-refractivity contribution in [2.24, 2.45) is 0 Å². The fraction of sp³-hybridized carbons (Fsp3) is 0.529. The lowest BCUT2D eigenvalue weighted by molar-refractivity contribution is -0.135. The second-order valence-electron chi connectivity index (χ2n) is 5.94. The van der Waals surface area contributed by atoms with Crippen LogP contribution in [0.25, 0.3) is 0 Å². The van der Waals surface area contributed by atoms with E-state index in [-0.39, 0.29) is 36.1 Å². The molecule has 0 bridgehead atoms. The van der Waals surface area contributed by atoms with Gasteiger partial charge in [0.05, 0.1) is 6.04 Å². The van der Waals surface area contributed by atoms with Crippen molar-refractivity contribution in [2.45, 2.75) is 19.4 Å². The summed E-state index contributed by atoms with van der Waals surface area (Å²) >= 11 is 1.30. The van der Waals surface area contributed by atoms with Gasteiger partial charge in [0.15, 0.2) is 0 Å². The second-order valence-corrected chi connectivity index (χ2v) is 6.98. The highest BCUT2D eigenvalue weighted by molar-refractivity contribution is 8.13. The van der Waals surface area contributed by atoms with E-state index in [1.54, 1.807) is 4.90 Å². The quantitative estimate of drug-likeness (QED) is 0.884. The molecule has 0 aromatic heterocycles. The van der Waals surface area contributed by atoms with Gasteiger partial charge in [-0.25, -0.2) is 0 Å². The minimum absolute atomic E-state index is 0. The number of amides is 2. The van der Waals surface area contributed by atoms with Crippen LogP contribution in [-0.4, -0.2) is 59.4 Å². The number of benzene rings is 1. The van der Waals surface area contributed by atoms with Gasteiger partial charge in [-0.3, -0.25) is 9.59 Å². The highest BCUT2D eigenvalue weighted by Crippen LogP contribution is 2.24. The maximum atomic E-state index is 12.7. The van der Waals surface area contributed by atoms with Crippen molar-refractivity contribution in [2.75, 3.05) is 38.5 Å². The Balaban J connectivity index is 0.00000208. The highest BCUT2D eigenvalue weighted by Gasteiger charge is 2.31. The molecule has 1 N–H and O–H groups in total. The maximum Gasteiger partial charge on any atom is 0.282 e. The number of hydrogen-bond donors (Lipinski definition) is 1. The first-order chi connectivity index (χ1) is 11.2. The normalized spacial score (nSPS) is 20.9. The molecule has 1 unspecified atom stereocenters. The second kappa shape index (κ2) is 8.74. The summed E-state index contributed by atoms with van der Waals surface area (Å²) in [5, 5.41) is 3.40. The minimum Gasteiger partial charge on any atom is -0.332 e. The predicted octanol–water partition coefficient (Wildman–Crippen LogP) is 2.31. The molecule has 2 fully saturated rings. The van der Waals surface area contributed by atoms with E-state index in [4.69, 9.17) is 0 Å². The third-order valence-electron chi connectivity index (χ3n) is 4.51. The van der Waals surface area contributed by atoms with E-state index in [1.807, 2.05) is 4.90 Å². The van der Waals surface area contributed by atoms with Crippen molar-refractivity contribution >= 4 is 35.3 Å². The SMILES string of the molecule is CCc1ccc(C2CNCCN2C(=O)CN2CCSC2=O)cc1.Cl. The van der Waals surface area contributed by atoms with Gasteiger partial charge in [0.25, 0.3) is 5.24 Å². The van der Waals surface area contributed by atoms with Crippen molar-refractivity contribution in [3.05, 3.63) is 35.4 Å². The Bertz CT molecular complexity index is 582. The zero-order valence-electron chi connectivity index (χ0n) is 13.9. The van der Waals surface area contributed by atoms with Crippen LogP contribution in [0.1, 0.15) is 24.1 Å². The Kier molecular flexibility index (Phi) is 6.95. The summed E-state index contributed by atoms with van der Waals surface area (Å²) in [6, 6.07) is 8.55. The molecular formula is C17H24ClN3O2S. The van der Waals surface area contributed by atoms with Crippen molar-refractivity contribution in [1.29, 1.82) is 0 Å². The van der Waals surface area contributed by atoms with Gasteiger partial charge < -0.3 is 15.1 Å². The first-order valence-corrected chi connectivity index (χ1v) is 9.18. The van der Waals surface area contributed by atoms with Crippen LogP contribution in [0.15, 0.2) is 24.3 Å². The summed E-state index contributed by atoms with van der Waals surface area (Å²) in [5.41, 5.74) is 2.46. The first-order valence-electron chi connectivity index (χ1n) is 8.19. The van der Waals surface area contributed by atoms with Gasteiger partial charge in [-0.2, -0.15) is 0 Å². The summed E-state index contributed by atoms with van der Waals surface area (Å²) in [6.45, 7) is 5.27. The molecule has 0 radical (unpaired) electrons. The van der Waals surface area contributed by atoms with Crippen LogP contribution in [0, 0.1) is 0 Å². The van der Waals surface area contributed by atoms with Crippen molar-refractivity contribution in [3.63, 3.8) is 0 Å². The summed E-state index contributed by atoms with van der Waals surface area (Å²) in [4.78, 5) is 28.0. The molecule has 0 saturated carbocycles. The number of thioether (sulfide) groups is 1. The van der Waals surface area contributed by atoms with Crippen LogP contribution in [0.2, 0.25) is 0 Å². The monoisotopic (exact) mass is 369 g/mol. The summed E-state index contributed by atoms with van der Waals surface area (Å²) in [7, 11) is 0. The van der Waals surface area contributed by atoms with Gasteiger partial charge in [0, 0.05) is 31.9 Å². The van der Waals surface area contributed by atoms with E-state index in [0.717, 1.165) is 30.8 Å². The van der Waals surface area contributed by atoms with Gasteiger partial charge >= 0.3 is 0 Å². The van der Waals surface area contributed by atoms with Gasteiger partial charge in [-0.1, -0.05) is 43.0 Å². The Hall–Kier alpha value is -1.24. The molecule has 2 aliphatic heterocycles. The van der Waals surface area contributed by atoms with E-state index in [9.17, 15) is 9.59 Å². The maximum absolute atomic E-state index is 12.7. The molecule has 0 spiro atoms. The van der Waals surface area contributed by atoms with Gasteiger partial charge in [0.2, 0.25) is 5.91 Å². The first kappa shape index (κ1) is 19.1. The number of nitrogens with one attached hydrogen (secondary N) is 1.